The molecule has 1 atom stereocenters. The Labute approximate surface area is 112 Å². The Morgan fingerprint density at radius 3 is 2.70 bits per heavy atom. The summed E-state index contributed by atoms with van der Waals surface area (Å²) in [5, 5.41) is 8.69. The summed E-state index contributed by atoms with van der Waals surface area (Å²) in [5.41, 5.74) is -0.679. The van der Waals surface area contributed by atoms with Crippen LogP contribution in [-0.2, 0) is 15.8 Å². The third-order valence-corrected chi connectivity index (χ3v) is 3.15. The molecule has 7 heteroatoms. The second kappa shape index (κ2) is 5.15. The molecule has 0 spiro atoms. The third-order valence-electron chi connectivity index (χ3n) is 3.15. The van der Waals surface area contributed by atoms with Crippen molar-refractivity contribution in [3.05, 3.63) is 29.8 Å². The minimum atomic E-state index is -4.47. The Morgan fingerprint density at radius 1 is 1.40 bits per heavy atom. The molecule has 0 aromatic heterocycles. The molecule has 0 bridgehead atoms. The third kappa shape index (κ3) is 3.09. The highest BCUT2D eigenvalue weighted by Gasteiger charge is 2.34. The highest BCUT2D eigenvalue weighted by atomic mass is 19.4. The first kappa shape index (κ1) is 14.4. The molecule has 1 heterocycles. The topological polar surface area (TPSA) is 57.6 Å². The first-order valence-corrected chi connectivity index (χ1v) is 5.97. The van der Waals surface area contributed by atoms with Gasteiger partial charge in [-0.1, -0.05) is 6.07 Å². The molecule has 1 amide bonds. The van der Waals surface area contributed by atoms with Crippen LogP contribution in [0.25, 0.3) is 0 Å². The van der Waals surface area contributed by atoms with E-state index in [0.29, 0.717) is 0 Å². The van der Waals surface area contributed by atoms with Gasteiger partial charge in [0.1, 0.15) is 0 Å². The van der Waals surface area contributed by atoms with Crippen LogP contribution >= 0.6 is 0 Å². The van der Waals surface area contributed by atoms with E-state index in [2.05, 4.69) is 0 Å². The molecular formula is C13H12F3NO3. The number of amides is 1. The number of hydrogen-bond donors (Lipinski definition) is 1. The summed E-state index contributed by atoms with van der Waals surface area (Å²) < 4.78 is 37.9. The van der Waals surface area contributed by atoms with Crippen LogP contribution < -0.4 is 4.90 Å². The van der Waals surface area contributed by atoms with Crippen molar-refractivity contribution in [2.45, 2.75) is 19.0 Å². The van der Waals surface area contributed by atoms with E-state index in [9.17, 15) is 22.8 Å². The van der Waals surface area contributed by atoms with Gasteiger partial charge in [-0.3, -0.25) is 9.59 Å². The minimum Gasteiger partial charge on any atom is -0.481 e. The van der Waals surface area contributed by atoms with Gasteiger partial charge in [-0.05, 0) is 24.1 Å². The highest BCUT2D eigenvalue weighted by Crippen LogP contribution is 2.33. The van der Waals surface area contributed by atoms with Crippen LogP contribution in [0.2, 0.25) is 0 Å². The van der Waals surface area contributed by atoms with Crippen molar-refractivity contribution in [3.8, 4) is 0 Å². The maximum absolute atomic E-state index is 12.6. The number of carboxylic acids is 1. The molecular weight excluding hydrogens is 275 g/mol. The number of nitrogens with zero attached hydrogens (tertiary/aromatic N) is 1. The van der Waals surface area contributed by atoms with Crippen molar-refractivity contribution < 1.29 is 27.9 Å². The van der Waals surface area contributed by atoms with Crippen LogP contribution in [-0.4, -0.2) is 23.5 Å². The Bertz CT molecular complexity index is 542. The van der Waals surface area contributed by atoms with Crippen LogP contribution in [0.5, 0.6) is 0 Å². The Kier molecular flexibility index (Phi) is 3.69. The molecule has 1 aromatic carbocycles. The number of alkyl halides is 3. The van der Waals surface area contributed by atoms with Crippen LogP contribution in [0, 0.1) is 5.92 Å². The number of rotatable bonds is 3. The first-order valence-electron chi connectivity index (χ1n) is 5.97. The summed E-state index contributed by atoms with van der Waals surface area (Å²) in [6.07, 6.45) is -4.59. The second-order valence-electron chi connectivity index (χ2n) is 4.72. The molecule has 1 aliphatic heterocycles. The lowest BCUT2D eigenvalue weighted by atomic mass is 10.1. The monoisotopic (exact) mass is 287 g/mol. The van der Waals surface area contributed by atoms with Crippen molar-refractivity contribution >= 4 is 17.6 Å². The lowest BCUT2D eigenvalue weighted by Crippen LogP contribution is -2.25. The number of carbonyl (C=O) groups is 2. The van der Waals surface area contributed by atoms with E-state index in [-0.39, 0.29) is 36.9 Å². The molecule has 1 N–H and O–H groups in total. The molecule has 1 fully saturated rings. The summed E-state index contributed by atoms with van der Waals surface area (Å²) >= 11 is 0. The zero-order valence-electron chi connectivity index (χ0n) is 10.4. The second-order valence-corrected chi connectivity index (χ2v) is 4.72. The van der Waals surface area contributed by atoms with Gasteiger partial charge in [0.15, 0.2) is 0 Å². The van der Waals surface area contributed by atoms with Crippen molar-refractivity contribution in [1.82, 2.24) is 0 Å². The maximum Gasteiger partial charge on any atom is 0.416 e. The number of halogens is 3. The van der Waals surface area contributed by atoms with Crippen LogP contribution in [0.15, 0.2) is 24.3 Å². The molecule has 0 aliphatic carbocycles. The van der Waals surface area contributed by atoms with Crippen molar-refractivity contribution in [2.75, 3.05) is 11.4 Å². The van der Waals surface area contributed by atoms with E-state index in [1.807, 2.05) is 0 Å². The predicted molar refractivity (Wildman–Crippen MR) is 64.2 cm³/mol. The molecule has 0 radical (unpaired) electrons. The zero-order chi connectivity index (χ0) is 14.9. The highest BCUT2D eigenvalue weighted by molar-refractivity contribution is 5.96. The summed E-state index contributed by atoms with van der Waals surface area (Å²) in [4.78, 5) is 23.6. The molecule has 1 unspecified atom stereocenters. The Morgan fingerprint density at radius 2 is 2.10 bits per heavy atom. The fourth-order valence-corrected chi connectivity index (χ4v) is 2.26. The Hall–Kier alpha value is -2.05. The van der Waals surface area contributed by atoms with E-state index < -0.39 is 17.7 Å². The molecule has 1 saturated heterocycles. The molecule has 108 valence electrons. The van der Waals surface area contributed by atoms with Gasteiger partial charge < -0.3 is 10.0 Å². The normalized spacial score (nSPS) is 19.4. The minimum absolute atomic E-state index is 0.0442. The first-order chi connectivity index (χ1) is 9.27. The number of anilines is 1. The van der Waals surface area contributed by atoms with Gasteiger partial charge >= 0.3 is 12.1 Å². The zero-order valence-corrected chi connectivity index (χ0v) is 10.4. The van der Waals surface area contributed by atoms with E-state index in [0.717, 1.165) is 12.1 Å². The van der Waals surface area contributed by atoms with Gasteiger partial charge in [-0.15, -0.1) is 0 Å². The quantitative estimate of drug-likeness (QED) is 0.929. The average Bonchev–Trinajstić information content (AvgIpc) is 2.68. The average molecular weight is 287 g/mol. The number of aliphatic carboxylic acids is 1. The summed E-state index contributed by atoms with van der Waals surface area (Å²) in [5.74, 6) is -1.74. The Balaban J connectivity index is 2.20. The van der Waals surface area contributed by atoms with E-state index in [1.54, 1.807) is 0 Å². The van der Waals surface area contributed by atoms with E-state index in [4.69, 9.17) is 5.11 Å². The molecule has 2 rings (SSSR count). The van der Waals surface area contributed by atoms with Gasteiger partial charge in [0.05, 0.1) is 12.0 Å². The van der Waals surface area contributed by atoms with Gasteiger partial charge in [0.2, 0.25) is 5.91 Å². The maximum atomic E-state index is 12.6. The van der Waals surface area contributed by atoms with Crippen molar-refractivity contribution in [2.24, 2.45) is 5.92 Å². The molecule has 4 nitrogen and oxygen atoms in total. The van der Waals surface area contributed by atoms with Gasteiger partial charge in [-0.25, -0.2) is 0 Å². The molecule has 1 aliphatic rings. The van der Waals surface area contributed by atoms with Crippen molar-refractivity contribution in [3.63, 3.8) is 0 Å². The fourth-order valence-electron chi connectivity index (χ4n) is 2.26. The predicted octanol–water partition coefficient (Wildman–Crippen LogP) is 2.53. The number of benzene rings is 1. The van der Waals surface area contributed by atoms with Gasteiger partial charge in [0.25, 0.3) is 0 Å². The van der Waals surface area contributed by atoms with Gasteiger partial charge in [0, 0.05) is 18.7 Å². The van der Waals surface area contributed by atoms with Crippen LogP contribution in [0.1, 0.15) is 18.4 Å². The summed E-state index contributed by atoms with van der Waals surface area (Å²) in [7, 11) is 0. The fraction of sp³-hybridized carbons (Fsp3) is 0.385. The number of hydrogen-bond acceptors (Lipinski definition) is 2. The van der Waals surface area contributed by atoms with E-state index in [1.165, 1.54) is 17.0 Å². The van der Waals surface area contributed by atoms with Crippen molar-refractivity contribution in [1.29, 1.82) is 0 Å². The van der Waals surface area contributed by atoms with Crippen LogP contribution in [0.4, 0.5) is 18.9 Å². The summed E-state index contributed by atoms with van der Waals surface area (Å²) in [6.45, 7) is 0.131. The van der Waals surface area contributed by atoms with Gasteiger partial charge in [-0.2, -0.15) is 13.2 Å². The number of carboxylic acid groups (broad SMARTS) is 1. The lowest BCUT2D eigenvalue weighted by molar-refractivity contribution is -0.138. The standard InChI is InChI=1S/C13H12F3NO3/c14-13(15,16)9-2-1-3-10(6-9)17-7-8(4-11(17)18)5-12(19)20/h1-3,6,8H,4-5,7H2,(H,19,20). The summed E-state index contributed by atoms with van der Waals surface area (Å²) in [6, 6.07) is 4.48. The largest absolute Gasteiger partial charge is 0.481 e. The smallest absolute Gasteiger partial charge is 0.416 e. The molecule has 1 aromatic rings. The SMILES string of the molecule is O=C(O)CC1CC(=O)N(c2cccc(C(F)(F)F)c2)C1. The molecule has 0 saturated carbocycles. The lowest BCUT2D eigenvalue weighted by Gasteiger charge is -2.18. The van der Waals surface area contributed by atoms with E-state index >= 15 is 0 Å². The van der Waals surface area contributed by atoms with Crippen LogP contribution in [0.3, 0.4) is 0 Å². The molecule has 20 heavy (non-hydrogen) atoms. The number of carbonyl (C=O) groups excluding carboxylic acids is 1.